The summed E-state index contributed by atoms with van der Waals surface area (Å²) < 4.78 is 42.4. The number of hydrogen-bond donors (Lipinski definition) is 0. The van der Waals surface area contributed by atoms with E-state index in [4.69, 9.17) is 0 Å². The number of halogens is 3. The van der Waals surface area contributed by atoms with Crippen LogP contribution in [0, 0.1) is 0 Å². The third kappa shape index (κ3) is 5.11. The highest BCUT2D eigenvalue weighted by Crippen LogP contribution is 2.32. The number of carbonyl (C=O) groups excluding carboxylic acids is 2. The number of carbonyl (C=O) groups is 2. The zero-order valence-electron chi connectivity index (χ0n) is 20.4. The molecule has 4 aromatic rings. The van der Waals surface area contributed by atoms with Crippen LogP contribution in [0.3, 0.4) is 0 Å². The summed E-state index contributed by atoms with van der Waals surface area (Å²) in [6.07, 6.45) is -4.20. The molecule has 0 aromatic heterocycles. The van der Waals surface area contributed by atoms with Gasteiger partial charge in [-0.2, -0.15) is 0 Å². The molecule has 5 rings (SSSR count). The fourth-order valence-electron chi connectivity index (χ4n) is 4.59. The summed E-state index contributed by atoms with van der Waals surface area (Å²) in [4.78, 5) is 29.6. The van der Waals surface area contributed by atoms with Crippen LogP contribution in [-0.2, 0) is 13.0 Å². The monoisotopic (exact) mass is 516 g/mol. The molecule has 0 unspecified atom stereocenters. The summed E-state index contributed by atoms with van der Waals surface area (Å²) in [5.41, 5.74) is 4.73. The zero-order valence-corrected chi connectivity index (χ0v) is 20.4. The van der Waals surface area contributed by atoms with Gasteiger partial charge in [0.1, 0.15) is 5.75 Å². The largest absolute Gasteiger partial charge is 0.573 e. The van der Waals surface area contributed by atoms with E-state index in [0.717, 1.165) is 29.3 Å². The average Bonchev–Trinajstić information content (AvgIpc) is 3.08. The summed E-state index contributed by atoms with van der Waals surface area (Å²) in [5.74, 6) is -1.45. The van der Waals surface area contributed by atoms with Gasteiger partial charge in [0.05, 0.1) is 12.1 Å². The van der Waals surface area contributed by atoms with Crippen LogP contribution in [0.25, 0.3) is 0 Å². The molecule has 0 aliphatic carbocycles. The second kappa shape index (κ2) is 10.0. The van der Waals surface area contributed by atoms with Gasteiger partial charge in [-0.05, 0) is 65.6 Å². The molecule has 0 bridgehead atoms. The Labute approximate surface area is 217 Å². The Hall–Kier alpha value is -4.59. The Morgan fingerprint density at radius 2 is 1.39 bits per heavy atom. The Morgan fingerprint density at radius 3 is 2.11 bits per heavy atom. The average molecular weight is 517 g/mol. The maximum atomic E-state index is 13.7. The maximum absolute atomic E-state index is 13.7. The highest BCUT2D eigenvalue weighted by molar-refractivity contribution is 6.09. The maximum Gasteiger partial charge on any atom is 0.573 e. The number of ether oxygens (including phenoxy) is 1. The van der Waals surface area contributed by atoms with Crippen molar-refractivity contribution in [3.05, 3.63) is 125 Å². The molecular formula is C30H23F3N2O3. The van der Waals surface area contributed by atoms with Gasteiger partial charge in [0.25, 0.3) is 11.8 Å². The lowest BCUT2D eigenvalue weighted by atomic mass is 10.0. The van der Waals surface area contributed by atoms with E-state index in [1.807, 2.05) is 42.5 Å². The molecule has 1 aliphatic heterocycles. The number of benzene rings is 4. The van der Waals surface area contributed by atoms with Crippen molar-refractivity contribution < 1.29 is 27.5 Å². The topological polar surface area (TPSA) is 49.9 Å². The second-order valence-corrected chi connectivity index (χ2v) is 8.92. The number of fused-ring (bicyclic) bond motifs is 2. The van der Waals surface area contributed by atoms with Crippen LogP contribution in [0.4, 0.5) is 24.5 Å². The summed E-state index contributed by atoms with van der Waals surface area (Å²) >= 11 is 0. The number of nitrogens with zero attached hydrogens (tertiary/aromatic N) is 2. The van der Waals surface area contributed by atoms with E-state index in [2.05, 4.69) is 10.8 Å². The van der Waals surface area contributed by atoms with Gasteiger partial charge in [-0.15, -0.1) is 13.2 Å². The van der Waals surface area contributed by atoms with Crippen molar-refractivity contribution in [3.8, 4) is 5.75 Å². The predicted octanol–water partition coefficient (Wildman–Crippen LogP) is 6.61. The highest BCUT2D eigenvalue weighted by Gasteiger charge is 2.33. The number of para-hydroxylation sites is 2. The van der Waals surface area contributed by atoms with Crippen LogP contribution in [0.1, 0.15) is 37.4 Å². The SMILES string of the molecule is CN(C(=O)c1ccccc1OC(F)(F)F)c1ccc(C(=O)N2Cc3ccccc3Cc3ccccc32)cc1. The number of rotatable bonds is 4. The highest BCUT2D eigenvalue weighted by atomic mass is 19.4. The molecule has 0 N–H and O–H groups in total. The first kappa shape index (κ1) is 25.1. The Kier molecular flexibility index (Phi) is 6.63. The lowest BCUT2D eigenvalue weighted by molar-refractivity contribution is -0.274. The fourth-order valence-corrected chi connectivity index (χ4v) is 4.59. The van der Waals surface area contributed by atoms with Crippen LogP contribution < -0.4 is 14.5 Å². The normalized spacial score (nSPS) is 12.7. The molecule has 38 heavy (non-hydrogen) atoms. The molecule has 8 heteroatoms. The molecule has 0 spiro atoms. The summed E-state index contributed by atoms with van der Waals surface area (Å²) in [5, 5.41) is 0. The third-order valence-electron chi connectivity index (χ3n) is 6.50. The lowest BCUT2D eigenvalue weighted by Gasteiger charge is -2.24. The minimum absolute atomic E-state index is 0.196. The molecule has 5 nitrogen and oxygen atoms in total. The van der Waals surface area contributed by atoms with Gasteiger partial charge in [-0.25, -0.2) is 0 Å². The number of alkyl halides is 3. The number of amides is 2. The summed E-state index contributed by atoms with van der Waals surface area (Å²) in [6.45, 7) is 0.419. The predicted molar refractivity (Wildman–Crippen MR) is 139 cm³/mol. The van der Waals surface area contributed by atoms with E-state index in [-0.39, 0.29) is 11.5 Å². The van der Waals surface area contributed by atoms with Crippen molar-refractivity contribution in [2.75, 3.05) is 16.8 Å². The first-order valence-corrected chi connectivity index (χ1v) is 11.9. The molecule has 192 valence electrons. The van der Waals surface area contributed by atoms with Gasteiger partial charge >= 0.3 is 6.36 Å². The van der Waals surface area contributed by atoms with E-state index in [1.54, 1.807) is 29.2 Å². The van der Waals surface area contributed by atoms with Gasteiger partial charge in [0.15, 0.2) is 0 Å². The van der Waals surface area contributed by atoms with E-state index in [0.29, 0.717) is 17.8 Å². The molecule has 2 amide bonds. The van der Waals surface area contributed by atoms with E-state index >= 15 is 0 Å². The van der Waals surface area contributed by atoms with Crippen molar-refractivity contribution in [2.45, 2.75) is 19.3 Å². The Morgan fingerprint density at radius 1 is 0.789 bits per heavy atom. The van der Waals surface area contributed by atoms with Crippen molar-refractivity contribution in [2.24, 2.45) is 0 Å². The Bertz CT molecular complexity index is 1500. The van der Waals surface area contributed by atoms with Crippen molar-refractivity contribution >= 4 is 23.2 Å². The number of anilines is 2. The van der Waals surface area contributed by atoms with Crippen LogP contribution >= 0.6 is 0 Å². The van der Waals surface area contributed by atoms with E-state index in [1.165, 1.54) is 35.7 Å². The van der Waals surface area contributed by atoms with Crippen LogP contribution in [0.15, 0.2) is 97.1 Å². The first-order chi connectivity index (χ1) is 18.2. The van der Waals surface area contributed by atoms with Crippen molar-refractivity contribution in [1.82, 2.24) is 0 Å². The Balaban J connectivity index is 1.40. The van der Waals surface area contributed by atoms with Crippen LogP contribution in [0.2, 0.25) is 0 Å². The second-order valence-electron chi connectivity index (χ2n) is 8.92. The van der Waals surface area contributed by atoms with Gasteiger partial charge in [0.2, 0.25) is 0 Å². The van der Waals surface area contributed by atoms with Crippen LogP contribution in [0.5, 0.6) is 5.75 Å². The molecular weight excluding hydrogens is 493 g/mol. The molecule has 0 radical (unpaired) electrons. The molecule has 0 saturated heterocycles. The molecule has 1 heterocycles. The van der Waals surface area contributed by atoms with Gasteiger partial charge < -0.3 is 14.5 Å². The zero-order chi connectivity index (χ0) is 26.9. The molecule has 0 atom stereocenters. The quantitative estimate of drug-likeness (QED) is 0.307. The standard InChI is InChI=1S/C30H23F3N2O3/c1-34(29(37)25-11-5-7-13-27(25)38-30(31,32)33)24-16-14-20(15-17-24)28(36)35-19-23-10-3-2-8-21(23)18-22-9-4-6-12-26(22)35/h2-17H,18-19H2,1H3. The van der Waals surface area contributed by atoms with Gasteiger partial charge in [-0.1, -0.05) is 54.6 Å². The van der Waals surface area contributed by atoms with E-state index in [9.17, 15) is 22.8 Å². The third-order valence-corrected chi connectivity index (χ3v) is 6.50. The lowest BCUT2D eigenvalue weighted by Crippen LogP contribution is -2.31. The first-order valence-electron chi connectivity index (χ1n) is 11.9. The van der Waals surface area contributed by atoms with Gasteiger partial charge in [0, 0.05) is 24.0 Å². The molecule has 1 aliphatic rings. The molecule has 0 fully saturated rings. The molecule has 4 aromatic carbocycles. The van der Waals surface area contributed by atoms with Crippen molar-refractivity contribution in [3.63, 3.8) is 0 Å². The van der Waals surface area contributed by atoms with E-state index < -0.39 is 18.0 Å². The van der Waals surface area contributed by atoms with Crippen LogP contribution in [-0.4, -0.2) is 25.2 Å². The summed E-state index contributed by atoms with van der Waals surface area (Å²) in [7, 11) is 1.45. The van der Waals surface area contributed by atoms with Gasteiger partial charge in [-0.3, -0.25) is 9.59 Å². The van der Waals surface area contributed by atoms with Crippen molar-refractivity contribution in [1.29, 1.82) is 0 Å². The summed E-state index contributed by atoms with van der Waals surface area (Å²) in [6, 6.07) is 27.4. The minimum Gasteiger partial charge on any atom is -0.405 e. The smallest absolute Gasteiger partial charge is 0.405 e. The molecule has 0 saturated carbocycles. The number of hydrogen-bond acceptors (Lipinski definition) is 3. The fraction of sp³-hybridized carbons (Fsp3) is 0.133. The minimum atomic E-state index is -4.93.